The van der Waals surface area contributed by atoms with Crippen LogP contribution in [0.2, 0.25) is 0 Å². The van der Waals surface area contributed by atoms with E-state index in [1.807, 2.05) is 20.2 Å². The maximum Gasteiger partial charge on any atom is 0.335 e. The Morgan fingerprint density at radius 2 is 2.12 bits per heavy atom. The largest absolute Gasteiger partial charge is 0.478 e. The molecule has 0 aliphatic heterocycles. The smallest absolute Gasteiger partial charge is 0.335 e. The number of halogens is 1. The van der Waals surface area contributed by atoms with Gasteiger partial charge in [-0.05, 0) is 32.3 Å². The van der Waals surface area contributed by atoms with Crippen molar-refractivity contribution in [3.05, 3.63) is 28.2 Å². The van der Waals surface area contributed by atoms with Crippen molar-refractivity contribution in [3.8, 4) is 0 Å². The van der Waals surface area contributed by atoms with E-state index in [0.29, 0.717) is 0 Å². The summed E-state index contributed by atoms with van der Waals surface area (Å²) in [6.07, 6.45) is 0. The van der Waals surface area contributed by atoms with E-state index in [9.17, 15) is 4.79 Å². The number of hydrogen-bond acceptors (Lipinski definition) is 3. The first-order valence-corrected chi connectivity index (χ1v) is 5.71. The Labute approximate surface area is 103 Å². The molecule has 16 heavy (non-hydrogen) atoms. The van der Waals surface area contributed by atoms with Gasteiger partial charge >= 0.3 is 5.97 Å². The average Bonchev–Trinajstić information content (AvgIpc) is 2.16. The minimum absolute atomic E-state index is 0.279. The van der Waals surface area contributed by atoms with E-state index in [1.54, 1.807) is 12.1 Å². The van der Waals surface area contributed by atoms with E-state index >= 15 is 0 Å². The maximum atomic E-state index is 10.8. The van der Waals surface area contributed by atoms with Crippen molar-refractivity contribution in [2.45, 2.75) is 0 Å². The van der Waals surface area contributed by atoms with Gasteiger partial charge in [-0.1, -0.05) is 15.9 Å². The van der Waals surface area contributed by atoms with Crippen molar-refractivity contribution in [2.75, 3.05) is 32.5 Å². The molecular formula is C11H15BrN2O2. The normalized spacial score (nSPS) is 10.5. The lowest BCUT2D eigenvalue weighted by atomic mass is 10.2. The van der Waals surface area contributed by atoms with Crippen molar-refractivity contribution in [2.24, 2.45) is 0 Å². The highest BCUT2D eigenvalue weighted by atomic mass is 79.9. The summed E-state index contributed by atoms with van der Waals surface area (Å²) in [6, 6.07) is 5.07. The summed E-state index contributed by atoms with van der Waals surface area (Å²) in [5.74, 6) is -0.919. The summed E-state index contributed by atoms with van der Waals surface area (Å²) in [7, 11) is 3.98. The van der Waals surface area contributed by atoms with Crippen LogP contribution in [-0.2, 0) is 0 Å². The molecule has 0 atom stereocenters. The molecule has 0 spiro atoms. The number of carboxylic acids is 1. The topological polar surface area (TPSA) is 52.6 Å². The molecule has 0 heterocycles. The molecule has 0 saturated carbocycles. The van der Waals surface area contributed by atoms with Crippen molar-refractivity contribution in [1.82, 2.24) is 4.90 Å². The monoisotopic (exact) mass is 286 g/mol. The minimum Gasteiger partial charge on any atom is -0.478 e. The van der Waals surface area contributed by atoms with E-state index in [0.717, 1.165) is 23.2 Å². The fourth-order valence-corrected chi connectivity index (χ4v) is 1.73. The van der Waals surface area contributed by atoms with Gasteiger partial charge in [0.2, 0.25) is 0 Å². The zero-order valence-corrected chi connectivity index (χ0v) is 10.9. The Bertz CT molecular complexity index is 380. The van der Waals surface area contributed by atoms with Gasteiger partial charge in [-0.15, -0.1) is 0 Å². The van der Waals surface area contributed by atoms with Crippen LogP contribution in [0.25, 0.3) is 0 Å². The maximum absolute atomic E-state index is 10.8. The van der Waals surface area contributed by atoms with Gasteiger partial charge in [0.1, 0.15) is 0 Å². The molecule has 0 amide bonds. The van der Waals surface area contributed by atoms with E-state index < -0.39 is 5.97 Å². The number of rotatable bonds is 5. The highest BCUT2D eigenvalue weighted by Crippen LogP contribution is 2.19. The molecular weight excluding hydrogens is 272 g/mol. The Hall–Kier alpha value is -1.07. The second-order valence-corrected chi connectivity index (χ2v) is 4.68. The predicted octanol–water partition coefficient (Wildman–Crippen LogP) is 2.12. The molecule has 0 unspecified atom stereocenters. The van der Waals surface area contributed by atoms with Crippen molar-refractivity contribution < 1.29 is 9.90 Å². The molecule has 1 rings (SSSR count). The zero-order chi connectivity index (χ0) is 12.1. The molecule has 0 aliphatic rings. The summed E-state index contributed by atoms with van der Waals surface area (Å²) in [4.78, 5) is 12.9. The van der Waals surface area contributed by atoms with Gasteiger partial charge in [0.25, 0.3) is 0 Å². The van der Waals surface area contributed by atoms with Crippen LogP contribution in [0.3, 0.4) is 0 Å². The number of nitrogens with one attached hydrogen (secondary N) is 1. The van der Waals surface area contributed by atoms with Crippen LogP contribution in [0.5, 0.6) is 0 Å². The first-order chi connectivity index (χ1) is 7.49. The second kappa shape index (κ2) is 5.86. The third-order valence-corrected chi connectivity index (χ3v) is 2.49. The van der Waals surface area contributed by atoms with Gasteiger partial charge in [-0.25, -0.2) is 4.79 Å². The third-order valence-electron chi connectivity index (χ3n) is 2.03. The molecule has 4 nitrogen and oxygen atoms in total. The van der Waals surface area contributed by atoms with Crippen LogP contribution in [0.1, 0.15) is 10.4 Å². The van der Waals surface area contributed by atoms with Crippen LogP contribution in [-0.4, -0.2) is 43.2 Å². The molecule has 1 aromatic rings. The molecule has 0 aliphatic carbocycles. The Morgan fingerprint density at radius 1 is 1.44 bits per heavy atom. The van der Waals surface area contributed by atoms with E-state index in [2.05, 4.69) is 26.1 Å². The van der Waals surface area contributed by atoms with Crippen LogP contribution >= 0.6 is 15.9 Å². The lowest BCUT2D eigenvalue weighted by Gasteiger charge is -2.12. The first-order valence-electron chi connectivity index (χ1n) is 4.91. The van der Waals surface area contributed by atoms with E-state index in [-0.39, 0.29) is 5.56 Å². The molecule has 5 heteroatoms. The highest BCUT2D eigenvalue weighted by molar-refractivity contribution is 9.10. The number of benzene rings is 1. The number of likely N-dealkylation sites (N-methyl/N-ethyl adjacent to an activating group) is 1. The second-order valence-electron chi connectivity index (χ2n) is 3.76. The van der Waals surface area contributed by atoms with Crippen LogP contribution < -0.4 is 5.32 Å². The van der Waals surface area contributed by atoms with Crippen molar-refractivity contribution in [1.29, 1.82) is 0 Å². The van der Waals surface area contributed by atoms with Gasteiger partial charge in [0.05, 0.1) is 5.56 Å². The molecule has 0 aromatic heterocycles. The van der Waals surface area contributed by atoms with Gasteiger partial charge in [0.15, 0.2) is 0 Å². The van der Waals surface area contributed by atoms with Gasteiger partial charge in [0, 0.05) is 23.2 Å². The predicted molar refractivity (Wildman–Crippen MR) is 68.1 cm³/mol. The third kappa shape index (κ3) is 4.20. The molecule has 0 saturated heterocycles. The molecule has 2 N–H and O–H groups in total. The fraction of sp³-hybridized carbons (Fsp3) is 0.364. The lowest BCUT2D eigenvalue weighted by Crippen LogP contribution is -2.20. The summed E-state index contributed by atoms with van der Waals surface area (Å²) in [6.45, 7) is 1.68. The Kier molecular flexibility index (Phi) is 4.76. The van der Waals surface area contributed by atoms with E-state index in [1.165, 1.54) is 0 Å². The molecule has 0 fully saturated rings. The van der Waals surface area contributed by atoms with Crippen LogP contribution in [0.4, 0.5) is 5.69 Å². The number of anilines is 1. The van der Waals surface area contributed by atoms with Gasteiger partial charge in [-0.3, -0.25) is 0 Å². The van der Waals surface area contributed by atoms with Crippen LogP contribution in [0, 0.1) is 0 Å². The fourth-order valence-electron chi connectivity index (χ4n) is 1.24. The molecule has 1 aromatic carbocycles. The Balaban J connectivity index is 2.69. The summed E-state index contributed by atoms with van der Waals surface area (Å²) in [5.41, 5.74) is 1.09. The number of carboxylic acid groups (broad SMARTS) is 1. The number of nitrogens with zero attached hydrogens (tertiary/aromatic N) is 1. The quantitative estimate of drug-likeness (QED) is 0.871. The molecule has 88 valence electrons. The summed E-state index contributed by atoms with van der Waals surface area (Å²) in [5, 5.41) is 12.1. The summed E-state index contributed by atoms with van der Waals surface area (Å²) >= 11 is 3.29. The number of aromatic carboxylic acids is 1. The van der Waals surface area contributed by atoms with Crippen LogP contribution in [0.15, 0.2) is 22.7 Å². The number of carbonyl (C=O) groups is 1. The highest BCUT2D eigenvalue weighted by Gasteiger charge is 2.05. The molecule has 0 radical (unpaired) electrons. The van der Waals surface area contributed by atoms with Crippen molar-refractivity contribution in [3.63, 3.8) is 0 Å². The van der Waals surface area contributed by atoms with Crippen molar-refractivity contribution >= 4 is 27.6 Å². The standard InChI is InChI=1S/C11H15BrN2O2/c1-14(2)4-3-13-10-6-8(11(15)16)5-9(12)7-10/h5-7,13H,3-4H2,1-2H3,(H,15,16). The first kappa shape index (κ1) is 13.0. The van der Waals surface area contributed by atoms with Gasteiger partial charge < -0.3 is 15.3 Å². The average molecular weight is 287 g/mol. The van der Waals surface area contributed by atoms with E-state index in [4.69, 9.17) is 5.11 Å². The minimum atomic E-state index is -0.919. The zero-order valence-electron chi connectivity index (χ0n) is 9.33. The van der Waals surface area contributed by atoms with Gasteiger partial charge in [-0.2, -0.15) is 0 Å². The Morgan fingerprint density at radius 3 is 2.69 bits per heavy atom. The SMILES string of the molecule is CN(C)CCNc1cc(Br)cc(C(=O)O)c1. The molecule has 0 bridgehead atoms. The summed E-state index contributed by atoms with van der Waals surface area (Å²) < 4.78 is 0.764. The lowest BCUT2D eigenvalue weighted by molar-refractivity contribution is 0.0697. The number of hydrogen-bond donors (Lipinski definition) is 2.